The number of nitrogens with zero attached hydrogens (tertiary/aromatic N) is 4. The molecule has 1 unspecified atom stereocenters. The Morgan fingerprint density at radius 3 is 2.23 bits per heavy atom. The zero-order valence-corrected chi connectivity index (χ0v) is 18.1. The summed E-state index contributed by atoms with van der Waals surface area (Å²) in [5.74, 6) is 0.0918. The average Bonchev–Trinajstić information content (AvgIpc) is 3.41. The van der Waals surface area contributed by atoms with Crippen molar-refractivity contribution >= 4 is 23.4 Å². The minimum absolute atomic E-state index is 0.0569. The van der Waals surface area contributed by atoms with E-state index in [4.69, 9.17) is 5.73 Å². The molecule has 0 bridgehead atoms. The van der Waals surface area contributed by atoms with E-state index in [9.17, 15) is 14.4 Å². The van der Waals surface area contributed by atoms with E-state index in [1.165, 1.54) is 6.20 Å². The van der Waals surface area contributed by atoms with Crippen molar-refractivity contribution in [1.29, 1.82) is 0 Å². The van der Waals surface area contributed by atoms with Crippen LogP contribution in [0.5, 0.6) is 0 Å². The van der Waals surface area contributed by atoms with Gasteiger partial charge in [-0.15, -0.1) is 0 Å². The quantitative estimate of drug-likeness (QED) is 0.759. The summed E-state index contributed by atoms with van der Waals surface area (Å²) in [6.45, 7) is 5.80. The van der Waals surface area contributed by atoms with Crippen molar-refractivity contribution < 1.29 is 14.4 Å². The van der Waals surface area contributed by atoms with Crippen LogP contribution in [0.15, 0.2) is 30.5 Å². The summed E-state index contributed by atoms with van der Waals surface area (Å²) < 4.78 is 1.58. The van der Waals surface area contributed by atoms with E-state index in [0.29, 0.717) is 56.8 Å². The summed E-state index contributed by atoms with van der Waals surface area (Å²) in [6.07, 6.45) is 3.53. The van der Waals surface area contributed by atoms with Gasteiger partial charge in [0.05, 0.1) is 17.4 Å². The Labute approximate surface area is 182 Å². The number of rotatable bonds is 4. The number of aryl methyl sites for hydroxylation is 1. The Hall–Kier alpha value is -3.16. The molecule has 0 saturated carbocycles. The highest BCUT2D eigenvalue weighted by Crippen LogP contribution is 2.28. The first kappa shape index (κ1) is 21.1. The van der Waals surface area contributed by atoms with Gasteiger partial charge in [0.2, 0.25) is 11.8 Å². The number of amides is 2. The molecule has 8 nitrogen and oxygen atoms in total. The van der Waals surface area contributed by atoms with Crippen molar-refractivity contribution in [3.05, 3.63) is 41.6 Å². The molecule has 2 amide bonds. The maximum atomic E-state index is 13.1. The summed E-state index contributed by atoms with van der Waals surface area (Å²) in [7, 11) is 0. The van der Waals surface area contributed by atoms with E-state index < -0.39 is 0 Å². The van der Waals surface area contributed by atoms with Crippen LogP contribution in [-0.2, 0) is 9.59 Å². The summed E-state index contributed by atoms with van der Waals surface area (Å²) in [6, 6.07) is 7.78. The van der Waals surface area contributed by atoms with Crippen molar-refractivity contribution in [3.8, 4) is 5.69 Å². The Morgan fingerprint density at radius 2 is 1.58 bits per heavy atom. The molecule has 1 aromatic carbocycles. The van der Waals surface area contributed by atoms with Crippen molar-refractivity contribution in [2.75, 3.05) is 31.9 Å². The second-order valence-corrected chi connectivity index (χ2v) is 8.61. The van der Waals surface area contributed by atoms with Gasteiger partial charge >= 0.3 is 0 Å². The van der Waals surface area contributed by atoms with E-state index in [2.05, 4.69) is 5.10 Å². The van der Waals surface area contributed by atoms with Gasteiger partial charge in [0.25, 0.3) is 0 Å². The van der Waals surface area contributed by atoms with E-state index in [0.717, 1.165) is 11.3 Å². The molecule has 2 aliphatic heterocycles. The lowest BCUT2D eigenvalue weighted by Gasteiger charge is -2.32. The van der Waals surface area contributed by atoms with Crippen LogP contribution in [0.4, 0.5) is 5.82 Å². The zero-order valence-electron chi connectivity index (χ0n) is 18.1. The predicted octanol–water partition coefficient (Wildman–Crippen LogP) is 2.05. The van der Waals surface area contributed by atoms with Crippen LogP contribution in [-0.4, -0.2) is 63.4 Å². The number of benzene rings is 1. The standard InChI is InChI=1S/C23H29N5O3/c1-15-3-5-19(6-4-15)28-22(24)20(13-25-28)21(30)18-9-12-27(14-18)23(31)17-7-10-26(11-8-17)16(2)29/h3-6,13,17-18H,7-12,14,24H2,1-2H3. The topological polar surface area (TPSA) is 102 Å². The molecule has 0 spiro atoms. The number of carbonyl (C=O) groups excluding carboxylic acids is 3. The fourth-order valence-electron chi connectivity index (χ4n) is 4.53. The first-order chi connectivity index (χ1) is 14.8. The summed E-state index contributed by atoms with van der Waals surface area (Å²) in [5, 5.41) is 4.32. The van der Waals surface area contributed by atoms with Crippen molar-refractivity contribution in [2.24, 2.45) is 11.8 Å². The van der Waals surface area contributed by atoms with E-state index in [1.807, 2.05) is 31.2 Å². The first-order valence-corrected chi connectivity index (χ1v) is 10.8. The van der Waals surface area contributed by atoms with Crippen molar-refractivity contribution in [1.82, 2.24) is 19.6 Å². The van der Waals surface area contributed by atoms with Crippen LogP contribution in [0.3, 0.4) is 0 Å². The minimum atomic E-state index is -0.265. The van der Waals surface area contributed by atoms with Gasteiger partial charge in [0.15, 0.2) is 5.78 Å². The Kier molecular flexibility index (Phi) is 5.80. The molecule has 2 fully saturated rings. The molecular formula is C23H29N5O3. The lowest BCUT2D eigenvalue weighted by Crippen LogP contribution is -2.43. The largest absolute Gasteiger partial charge is 0.383 e. The van der Waals surface area contributed by atoms with Gasteiger partial charge in [-0.05, 0) is 38.3 Å². The second-order valence-electron chi connectivity index (χ2n) is 8.61. The summed E-state index contributed by atoms with van der Waals surface area (Å²) >= 11 is 0. The Morgan fingerprint density at radius 1 is 0.968 bits per heavy atom. The maximum absolute atomic E-state index is 13.1. The third-order valence-corrected chi connectivity index (χ3v) is 6.51. The molecule has 2 N–H and O–H groups in total. The predicted molar refractivity (Wildman–Crippen MR) is 117 cm³/mol. The average molecular weight is 424 g/mol. The second kappa shape index (κ2) is 8.53. The Bertz CT molecular complexity index is 989. The minimum Gasteiger partial charge on any atom is -0.383 e. The number of likely N-dealkylation sites (tertiary alicyclic amines) is 2. The van der Waals surface area contributed by atoms with Crippen LogP contribution in [0, 0.1) is 18.8 Å². The van der Waals surface area contributed by atoms with Crippen LogP contribution < -0.4 is 5.73 Å². The molecule has 1 atom stereocenters. The van der Waals surface area contributed by atoms with Gasteiger partial charge in [-0.1, -0.05) is 17.7 Å². The number of nitrogens with two attached hydrogens (primary N) is 1. The summed E-state index contributed by atoms with van der Waals surface area (Å²) in [5.41, 5.74) is 8.61. The number of anilines is 1. The van der Waals surface area contributed by atoms with Crippen molar-refractivity contribution in [2.45, 2.75) is 33.1 Å². The van der Waals surface area contributed by atoms with Crippen LogP contribution in [0.2, 0.25) is 0 Å². The number of carbonyl (C=O) groups is 3. The lowest BCUT2D eigenvalue weighted by atomic mass is 9.95. The van der Waals surface area contributed by atoms with E-state index in [-0.39, 0.29) is 29.4 Å². The smallest absolute Gasteiger partial charge is 0.225 e. The monoisotopic (exact) mass is 423 g/mol. The highest BCUT2D eigenvalue weighted by atomic mass is 16.2. The molecule has 31 heavy (non-hydrogen) atoms. The summed E-state index contributed by atoms with van der Waals surface area (Å²) in [4.78, 5) is 41.1. The molecule has 0 radical (unpaired) electrons. The third-order valence-electron chi connectivity index (χ3n) is 6.51. The number of aromatic nitrogens is 2. The van der Waals surface area contributed by atoms with Crippen LogP contribution >= 0.6 is 0 Å². The van der Waals surface area contributed by atoms with Gasteiger partial charge in [-0.3, -0.25) is 14.4 Å². The number of ketones is 1. The molecule has 164 valence electrons. The number of hydrogen-bond acceptors (Lipinski definition) is 5. The normalized spacial score (nSPS) is 19.6. The highest BCUT2D eigenvalue weighted by Gasteiger charge is 2.36. The van der Waals surface area contributed by atoms with Crippen LogP contribution in [0.1, 0.15) is 42.1 Å². The van der Waals surface area contributed by atoms with Crippen molar-refractivity contribution in [3.63, 3.8) is 0 Å². The van der Waals surface area contributed by atoms with Gasteiger partial charge in [0.1, 0.15) is 5.82 Å². The highest BCUT2D eigenvalue weighted by molar-refractivity contribution is 6.02. The molecule has 3 heterocycles. The maximum Gasteiger partial charge on any atom is 0.225 e. The number of piperidine rings is 1. The van der Waals surface area contributed by atoms with Gasteiger partial charge < -0.3 is 15.5 Å². The first-order valence-electron chi connectivity index (χ1n) is 10.8. The third kappa shape index (κ3) is 4.19. The fraction of sp³-hybridized carbons (Fsp3) is 0.478. The Balaban J connectivity index is 1.39. The fourth-order valence-corrected chi connectivity index (χ4v) is 4.53. The molecular weight excluding hydrogens is 394 g/mol. The number of nitrogen functional groups attached to an aromatic ring is 1. The van der Waals surface area contributed by atoms with E-state index in [1.54, 1.807) is 21.4 Å². The molecule has 2 aliphatic rings. The molecule has 2 aromatic rings. The number of hydrogen-bond donors (Lipinski definition) is 1. The van der Waals surface area contributed by atoms with E-state index >= 15 is 0 Å². The molecule has 0 aliphatic carbocycles. The molecule has 1 aromatic heterocycles. The number of Topliss-reactive ketones (excluding diaryl/α,β-unsaturated/α-hetero) is 1. The van der Waals surface area contributed by atoms with Crippen LogP contribution in [0.25, 0.3) is 5.69 Å². The molecule has 4 rings (SSSR count). The lowest BCUT2D eigenvalue weighted by molar-refractivity contribution is -0.139. The SMILES string of the molecule is CC(=O)N1CCC(C(=O)N2CCC(C(=O)c3cnn(-c4ccc(C)cc4)c3N)C2)CC1. The van der Waals surface area contributed by atoms with Gasteiger partial charge in [-0.25, -0.2) is 4.68 Å². The zero-order chi connectivity index (χ0) is 22.1. The van der Waals surface area contributed by atoms with Gasteiger partial charge in [0, 0.05) is 44.9 Å². The molecule has 2 saturated heterocycles. The van der Waals surface area contributed by atoms with Gasteiger partial charge in [-0.2, -0.15) is 5.10 Å². The molecule has 8 heteroatoms.